The molecule has 0 saturated carbocycles. The molecule has 108 valence electrons. The molecule has 0 fully saturated rings. The Kier molecular flexibility index (Phi) is 3.56. The smallest absolute Gasteiger partial charge is 0.290 e. The molecular formula is C16H17N3O2. The summed E-state index contributed by atoms with van der Waals surface area (Å²) in [6.07, 6.45) is 3.49. The van der Waals surface area contributed by atoms with E-state index in [2.05, 4.69) is 34.1 Å². The fraction of sp³-hybridized carbons (Fsp3) is 0.312. The van der Waals surface area contributed by atoms with E-state index in [4.69, 9.17) is 0 Å². The fourth-order valence-corrected chi connectivity index (χ4v) is 2.79. The number of hydrogen-bond acceptors (Lipinski definition) is 4. The zero-order valence-corrected chi connectivity index (χ0v) is 12.0. The van der Waals surface area contributed by atoms with E-state index in [-0.39, 0.29) is 10.6 Å². The summed E-state index contributed by atoms with van der Waals surface area (Å²) in [5, 5.41) is 10.9. The molecule has 0 spiro atoms. The Labute approximate surface area is 123 Å². The summed E-state index contributed by atoms with van der Waals surface area (Å²) in [4.78, 5) is 17.0. The van der Waals surface area contributed by atoms with Gasteiger partial charge in [-0.15, -0.1) is 0 Å². The number of pyridine rings is 1. The lowest BCUT2D eigenvalue weighted by Gasteiger charge is -2.22. The normalized spacial score (nSPS) is 14.4. The van der Waals surface area contributed by atoms with Gasteiger partial charge in [0.25, 0.3) is 5.69 Å². The van der Waals surface area contributed by atoms with Gasteiger partial charge in [0.1, 0.15) is 12.0 Å². The second-order valence-electron chi connectivity index (χ2n) is 5.38. The summed E-state index contributed by atoms with van der Waals surface area (Å²) < 4.78 is 0. The summed E-state index contributed by atoms with van der Waals surface area (Å²) in [6, 6.07) is 10.3. The van der Waals surface area contributed by atoms with Crippen LogP contribution in [0.25, 0.3) is 0 Å². The molecule has 0 aliphatic carbocycles. The second-order valence-corrected chi connectivity index (χ2v) is 5.38. The van der Waals surface area contributed by atoms with Crippen molar-refractivity contribution in [1.82, 2.24) is 4.98 Å². The number of rotatable bonds is 2. The van der Waals surface area contributed by atoms with Gasteiger partial charge in [-0.05, 0) is 37.0 Å². The molecule has 1 aromatic heterocycles. The molecule has 1 aliphatic heterocycles. The van der Waals surface area contributed by atoms with E-state index in [0.29, 0.717) is 5.56 Å². The molecule has 0 N–H and O–H groups in total. The molecule has 0 atom stereocenters. The first-order valence-electron chi connectivity index (χ1n) is 7.08. The average molecular weight is 283 g/mol. The van der Waals surface area contributed by atoms with Gasteiger partial charge in [-0.3, -0.25) is 10.1 Å². The van der Waals surface area contributed by atoms with Gasteiger partial charge in [0.15, 0.2) is 0 Å². The van der Waals surface area contributed by atoms with Crippen LogP contribution in [0.4, 0.5) is 11.5 Å². The molecule has 2 heterocycles. The quantitative estimate of drug-likeness (QED) is 0.627. The minimum Gasteiger partial charge on any atom is -0.352 e. The van der Waals surface area contributed by atoms with Crippen molar-refractivity contribution in [2.24, 2.45) is 0 Å². The Hall–Kier alpha value is -2.43. The van der Waals surface area contributed by atoms with Crippen LogP contribution in [0.2, 0.25) is 0 Å². The lowest BCUT2D eigenvalue weighted by Crippen LogP contribution is -2.23. The number of fused-ring (bicyclic) bond motifs is 1. The highest BCUT2D eigenvalue weighted by molar-refractivity contribution is 5.49. The van der Waals surface area contributed by atoms with Crippen molar-refractivity contribution >= 4 is 11.5 Å². The number of aryl methyl sites for hydroxylation is 2. The highest BCUT2D eigenvalue weighted by atomic mass is 16.6. The molecule has 21 heavy (non-hydrogen) atoms. The Morgan fingerprint density at radius 2 is 2.05 bits per heavy atom. The summed E-state index contributed by atoms with van der Waals surface area (Å²) in [6.45, 7) is 3.48. The monoisotopic (exact) mass is 283 g/mol. The van der Waals surface area contributed by atoms with Gasteiger partial charge >= 0.3 is 0 Å². The summed E-state index contributed by atoms with van der Waals surface area (Å²) in [5.74, 6) is 0.815. The first-order valence-corrected chi connectivity index (χ1v) is 7.08. The molecule has 0 radical (unpaired) electrons. The zero-order valence-electron chi connectivity index (χ0n) is 12.0. The van der Waals surface area contributed by atoms with E-state index >= 15 is 0 Å². The summed E-state index contributed by atoms with van der Waals surface area (Å²) >= 11 is 0. The lowest BCUT2D eigenvalue weighted by atomic mass is 10.0. The maximum absolute atomic E-state index is 10.9. The van der Waals surface area contributed by atoms with E-state index in [1.165, 1.54) is 17.3 Å². The third-order valence-corrected chi connectivity index (χ3v) is 3.94. The third kappa shape index (κ3) is 2.72. The standard InChI is InChI=1S/C16H17N3O2/c1-12-9-16(17-10-15(12)19(20)21)18-8-4-7-13-5-2-3-6-14(13)11-18/h2-3,5-6,9-10H,4,7-8,11H2,1H3. The topological polar surface area (TPSA) is 59.3 Å². The van der Waals surface area contributed by atoms with Crippen molar-refractivity contribution < 1.29 is 4.92 Å². The average Bonchev–Trinajstić information content (AvgIpc) is 2.68. The van der Waals surface area contributed by atoms with Gasteiger partial charge in [-0.2, -0.15) is 0 Å². The SMILES string of the molecule is Cc1cc(N2CCCc3ccccc3C2)ncc1[N+](=O)[O-]. The largest absolute Gasteiger partial charge is 0.352 e. The van der Waals surface area contributed by atoms with Crippen LogP contribution in [0.5, 0.6) is 0 Å². The zero-order chi connectivity index (χ0) is 14.8. The van der Waals surface area contributed by atoms with E-state index in [1.54, 1.807) is 6.92 Å². The molecule has 5 heteroatoms. The van der Waals surface area contributed by atoms with Crippen LogP contribution >= 0.6 is 0 Å². The molecule has 1 aliphatic rings. The number of nitrogens with zero attached hydrogens (tertiary/aromatic N) is 3. The van der Waals surface area contributed by atoms with Crippen LogP contribution in [0, 0.1) is 17.0 Å². The number of anilines is 1. The molecule has 5 nitrogen and oxygen atoms in total. The first-order chi connectivity index (χ1) is 10.1. The van der Waals surface area contributed by atoms with Gasteiger partial charge < -0.3 is 4.90 Å². The van der Waals surface area contributed by atoms with Gasteiger partial charge in [-0.25, -0.2) is 4.98 Å². The van der Waals surface area contributed by atoms with Crippen molar-refractivity contribution in [3.05, 3.63) is 63.3 Å². The second kappa shape index (κ2) is 5.52. The molecule has 2 aromatic rings. The van der Waals surface area contributed by atoms with Crippen LogP contribution in [0.1, 0.15) is 23.1 Å². The van der Waals surface area contributed by atoms with Gasteiger partial charge in [-0.1, -0.05) is 24.3 Å². The van der Waals surface area contributed by atoms with E-state index in [9.17, 15) is 10.1 Å². The van der Waals surface area contributed by atoms with Crippen molar-refractivity contribution in [1.29, 1.82) is 0 Å². The van der Waals surface area contributed by atoms with E-state index in [0.717, 1.165) is 31.7 Å². The Balaban J connectivity index is 1.91. The van der Waals surface area contributed by atoms with Crippen molar-refractivity contribution in [2.75, 3.05) is 11.4 Å². The predicted octanol–water partition coefficient (Wildman–Crippen LogP) is 3.25. The van der Waals surface area contributed by atoms with Crippen LogP contribution in [-0.2, 0) is 13.0 Å². The number of aromatic nitrogens is 1. The highest BCUT2D eigenvalue weighted by Crippen LogP contribution is 2.25. The van der Waals surface area contributed by atoms with Gasteiger partial charge in [0.05, 0.1) is 4.92 Å². The maximum Gasteiger partial charge on any atom is 0.290 e. The Morgan fingerprint density at radius 3 is 2.76 bits per heavy atom. The Bertz CT molecular complexity index is 685. The van der Waals surface area contributed by atoms with Gasteiger partial charge in [0.2, 0.25) is 0 Å². The first kappa shape index (κ1) is 13.5. The van der Waals surface area contributed by atoms with Crippen LogP contribution in [-0.4, -0.2) is 16.5 Å². The van der Waals surface area contributed by atoms with Crippen LogP contribution in [0.15, 0.2) is 36.5 Å². The lowest BCUT2D eigenvalue weighted by molar-refractivity contribution is -0.385. The third-order valence-electron chi connectivity index (χ3n) is 3.94. The van der Waals surface area contributed by atoms with Crippen LogP contribution in [0.3, 0.4) is 0 Å². The number of nitro groups is 1. The Morgan fingerprint density at radius 1 is 1.29 bits per heavy atom. The minimum atomic E-state index is -0.385. The van der Waals surface area contributed by atoms with E-state index < -0.39 is 0 Å². The van der Waals surface area contributed by atoms with Crippen molar-refractivity contribution in [2.45, 2.75) is 26.3 Å². The summed E-state index contributed by atoms with van der Waals surface area (Å²) in [5.41, 5.74) is 3.43. The highest BCUT2D eigenvalue weighted by Gasteiger charge is 2.18. The van der Waals surface area contributed by atoms with Crippen molar-refractivity contribution in [3.8, 4) is 0 Å². The maximum atomic E-state index is 10.9. The fourth-order valence-electron chi connectivity index (χ4n) is 2.79. The summed E-state index contributed by atoms with van der Waals surface area (Å²) in [7, 11) is 0. The molecule has 3 rings (SSSR count). The van der Waals surface area contributed by atoms with E-state index in [1.807, 2.05) is 6.07 Å². The van der Waals surface area contributed by atoms with Gasteiger partial charge in [0, 0.05) is 18.7 Å². The molecule has 0 bridgehead atoms. The molecule has 1 aromatic carbocycles. The molecule has 0 unspecified atom stereocenters. The number of hydrogen-bond donors (Lipinski definition) is 0. The van der Waals surface area contributed by atoms with Crippen LogP contribution < -0.4 is 4.90 Å². The van der Waals surface area contributed by atoms with Crippen molar-refractivity contribution in [3.63, 3.8) is 0 Å². The minimum absolute atomic E-state index is 0.0778. The molecule has 0 saturated heterocycles. The predicted molar refractivity (Wildman–Crippen MR) is 81.4 cm³/mol. The number of benzene rings is 1. The molecule has 0 amide bonds. The molecular weight excluding hydrogens is 266 g/mol.